The van der Waals surface area contributed by atoms with Crippen molar-refractivity contribution in [1.82, 2.24) is 9.80 Å². The Labute approximate surface area is 290 Å². The number of hydrogen-bond acceptors (Lipinski definition) is 7. The molecule has 50 heavy (non-hydrogen) atoms. The predicted octanol–water partition coefficient (Wildman–Crippen LogP) is 5.58. The molecule has 2 saturated heterocycles. The number of nitrogens with zero attached hydrogens (tertiary/aromatic N) is 2. The SMILES string of the molecule is O=C1OC[C@H](Cc2ccccc2)N1C(=O)[C@H](/C=C/[C@H](Cc1ccc([OH2+])cc1)C(=O)N1C(=O)OC[C@@H]1Cc1ccccc1)Cc1ccc(O)cc1. The number of carbonyl (C=O) groups is 4. The number of rotatable bonds is 12. The van der Waals surface area contributed by atoms with E-state index in [1.54, 1.807) is 48.6 Å². The quantitative estimate of drug-likeness (QED) is 0.153. The minimum absolute atomic E-state index is 0.0576. The number of aromatic hydroxyl groups is 1. The van der Waals surface area contributed by atoms with E-state index in [1.807, 2.05) is 60.7 Å². The second-order valence-corrected chi connectivity index (χ2v) is 12.6. The largest absolute Gasteiger partial charge is 0.593 e. The van der Waals surface area contributed by atoms with E-state index in [0.29, 0.717) is 18.6 Å². The van der Waals surface area contributed by atoms with Gasteiger partial charge in [0.25, 0.3) is 5.75 Å². The standard InChI is InChI=1S/C40H38N2O8/c43-35-17-11-29(12-18-35)21-31(37(45)41-33(25-49-39(41)47)23-27-7-3-1-4-8-27)15-16-32(22-30-13-19-36(44)20-14-30)38(46)42-34(26-50-40(42)48)24-28-9-5-2-6-10-28/h1-20,31-34,43-44H,21-26H2/p+1/b16-15+/t31-,32-,33+,34+/m1/s1. The molecule has 10 nitrogen and oxygen atoms in total. The van der Waals surface area contributed by atoms with Crippen LogP contribution in [-0.2, 0) is 44.7 Å². The fourth-order valence-corrected chi connectivity index (χ4v) is 6.42. The molecule has 4 amide bonds. The molecular formula is C40H39N2O8+. The van der Waals surface area contributed by atoms with Crippen molar-refractivity contribution in [2.24, 2.45) is 11.8 Å². The Morgan fingerprint density at radius 3 is 1.46 bits per heavy atom. The zero-order chi connectivity index (χ0) is 35.0. The molecule has 6 rings (SSSR count). The summed E-state index contributed by atoms with van der Waals surface area (Å²) in [5, 5.41) is 17.8. The molecule has 0 saturated carbocycles. The Hall–Kier alpha value is -5.90. The molecule has 0 aromatic heterocycles. The van der Waals surface area contributed by atoms with Crippen LogP contribution in [0.1, 0.15) is 22.3 Å². The third-order valence-electron chi connectivity index (χ3n) is 9.04. The number of amides is 4. The summed E-state index contributed by atoms with van der Waals surface area (Å²) in [6, 6.07) is 31.3. The number of cyclic esters (lactones) is 2. The fourth-order valence-electron chi connectivity index (χ4n) is 6.42. The van der Waals surface area contributed by atoms with Crippen LogP contribution >= 0.6 is 0 Å². The van der Waals surface area contributed by atoms with Crippen LogP contribution in [-0.4, -0.2) is 69.3 Å². The van der Waals surface area contributed by atoms with Gasteiger partial charge in [0.15, 0.2) is 0 Å². The van der Waals surface area contributed by atoms with Crippen LogP contribution in [0, 0.1) is 11.8 Å². The lowest BCUT2D eigenvalue weighted by Crippen LogP contribution is -2.44. The van der Waals surface area contributed by atoms with Crippen molar-refractivity contribution >= 4 is 24.0 Å². The van der Waals surface area contributed by atoms with Gasteiger partial charge in [0.2, 0.25) is 11.8 Å². The van der Waals surface area contributed by atoms with Gasteiger partial charge in [-0.25, -0.2) is 19.4 Å². The van der Waals surface area contributed by atoms with Crippen molar-refractivity contribution in [3.8, 4) is 11.5 Å². The molecule has 2 fully saturated rings. The van der Waals surface area contributed by atoms with Gasteiger partial charge >= 0.3 is 12.2 Å². The smallest absolute Gasteiger partial charge is 0.417 e. The van der Waals surface area contributed by atoms with Gasteiger partial charge in [-0.05, 0) is 72.2 Å². The summed E-state index contributed by atoms with van der Waals surface area (Å²) in [5.41, 5.74) is 3.40. The van der Waals surface area contributed by atoms with Gasteiger partial charge in [0.1, 0.15) is 19.0 Å². The lowest BCUT2D eigenvalue weighted by molar-refractivity contribution is -0.133. The van der Waals surface area contributed by atoms with Crippen molar-refractivity contribution < 1.29 is 38.9 Å². The highest BCUT2D eigenvalue weighted by Crippen LogP contribution is 2.27. The van der Waals surface area contributed by atoms with Gasteiger partial charge in [0, 0.05) is 12.1 Å². The molecule has 4 aromatic rings. The zero-order valence-electron chi connectivity index (χ0n) is 27.4. The average Bonchev–Trinajstić information content (AvgIpc) is 3.68. The second kappa shape index (κ2) is 15.5. The van der Waals surface area contributed by atoms with Crippen LogP contribution in [0.3, 0.4) is 0 Å². The van der Waals surface area contributed by atoms with Crippen molar-refractivity contribution in [3.05, 3.63) is 144 Å². The molecule has 0 unspecified atom stereocenters. The summed E-state index contributed by atoms with van der Waals surface area (Å²) in [6.45, 7) is 0.118. The molecule has 0 radical (unpaired) electrons. The van der Waals surface area contributed by atoms with E-state index in [2.05, 4.69) is 0 Å². The van der Waals surface area contributed by atoms with Gasteiger partial charge < -0.3 is 19.7 Å². The maximum absolute atomic E-state index is 14.3. The first-order valence-electron chi connectivity index (χ1n) is 16.6. The molecule has 2 aliphatic rings. The molecule has 0 bridgehead atoms. The van der Waals surface area contributed by atoms with E-state index >= 15 is 0 Å². The van der Waals surface area contributed by atoms with Gasteiger partial charge in [-0.2, -0.15) is 0 Å². The number of phenolic OH excluding ortho intramolecular Hbond substituents is 1. The molecule has 2 heterocycles. The molecule has 0 aliphatic carbocycles. The first-order valence-corrected chi connectivity index (χ1v) is 16.6. The van der Waals surface area contributed by atoms with E-state index in [4.69, 9.17) is 14.6 Å². The molecule has 2 aliphatic heterocycles. The Balaban J connectivity index is 1.32. The van der Waals surface area contributed by atoms with Crippen LogP contribution in [0.2, 0.25) is 0 Å². The van der Waals surface area contributed by atoms with Gasteiger partial charge in [-0.1, -0.05) is 84.9 Å². The van der Waals surface area contributed by atoms with E-state index < -0.39 is 47.9 Å². The van der Waals surface area contributed by atoms with Gasteiger partial charge in [0.05, 0.1) is 23.9 Å². The zero-order valence-corrected chi connectivity index (χ0v) is 27.4. The highest BCUT2D eigenvalue weighted by molar-refractivity contribution is 5.97. The normalized spacial score (nSPS) is 18.6. The Bertz CT molecular complexity index is 1690. The third-order valence-corrected chi connectivity index (χ3v) is 9.04. The highest BCUT2D eigenvalue weighted by atomic mass is 16.6. The molecular weight excluding hydrogens is 636 g/mol. The van der Waals surface area contributed by atoms with Gasteiger partial charge in [-0.15, -0.1) is 0 Å². The number of benzene rings is 4. The molecule has 0 spiro atoms. The summed E-state index contributed by atoms with van der Waals surface area (Å²) in [5.74, 6) is -2.33. The molecule has 3 N–H and O–H groups in total. The van der Waals surface area contributed by atoms with Gasteiger partial charge in [-0.3, -0.25) is 9.59 Å². The van der Waals surface area contributed by atoms with E-state index in [9.17, 15) is 24.3 Å². The summed E-state index contributed by atoms with van der Waals surface area (Å²) in [4.78, 5) is 57.0. The second-order valence-electron chi connectivity index (χ2n) is 12.6. The number of ether oxygens (including phenoxy) is 2. The van der Waals surface area contributed by atoms with E-state index in [-0.39, 0.29) is 31.8 Å². The van der Waals surface area contributed by atoms with Crippen LogP contribution in [0.5, 0.6) is 11.5 Å². The van der Waals surface area contributed by atoms with Crippen molar-refractivity contribution in [1.29, 1.82) is 0 Å². The Morgan fingerprint density at radius 1 is 0.640 bits per heavy atom. The predicted molar refractivity (Wildman–Crippen MR) is 185 cm³/mol. The summed E-state index contributed by atoms with van der Waals surface area (Å²) >= 11 is 0. The van der Waals surface area contributed by atoms with Crippen molar-refractivity contribution in [3.63, 3.8) is 0 Å². The first-order chi connectivity index (χ1) is 24.2. The minimum Gasteiger partial charge on any atom is -0.593 e. The van der Waals surface area contributed by atoms with Crippen LogP contribution < -0.4 is 0 Å². The average molecular weight is 676 g/mol. The topological polar surface area (TPSA) is 136 Å². The number of phenols is 1. The highest BCUT2D eigenvalue weighted by Gasteiger charge is 2.42. The Morgan fingerprint density at radius 2 is 1.04 bits per heavy atom. The van der Waals surface area contributed by atoms with E-state index in [1.165, 1.54) is 21.9 Å². The van der Waals surface area contributed by atoms with Crippen LogP contribution in [0.15, 0.2) is 121 Å². The summed E-state index contributed by atoms with van der Waals surface area (Å²) in [6.07, 6.45) is 3.02. The van der Waals surface area contributed by atoms with Crippen molar-refractivity contribution in [2.45, 2.75) is 37.8 Å². The lowest BCUT2D eigenvalue weighted by atomic mass is 9.91. The third kappa shape index (κ3) is 8.20. The maximum Gasteiger partial charge on any atom is 0.417 e. The lowest BCUT2D eigenvalue weighted by Gasteiger charge is -2.25. The number of hydrogen-bond donors (Lipinski definition) is 1. The molecule has 4 aromatic carbocycles. The van der Waals surface area contributed by atoms with Crippen molar-refractivity contribution in [2.75, 3.05) is 13.2 Å². The number of imide groups is 2. The molecule has 256 valence electrons. The van der Waals surface area contributed by atoms with E-state index in [0.717, 1.165) is 22.3 Å². The van der Waals surface area contributed by atoms with Crippen LogP contribution in [0.25, 0.3) is 0 Å². The maximum atomic E-state index is 14.3. The summed E-state index contributed by atoms with van der Waals surface area (Å²) < 4.78 is 10.7. The fraction of sp³-hybridized carbons (Fsp3) is 0.250. The Kier molecular flexibility index (Phi) is 10.6. The molecule has 4 atom stereocenters. The number of carbonyl (C=O) groups excluding carboxylic acids is 4. The minimum atomic E-state index is -0.889. The van der Waals surface area contributed by atoms with Crippen LogP contribution in [0.4, 0.5) is 9.59 Å². The monoisotopic (exact) mass is 675 g/mol. The summed E-state index contributed by atoms with van der Waals surface area (Å²) in [7, 11) is 0. The first kappa shape index (κ1) is 34.0. The molecule has 10 heteroatoms.